The molecule has 0 spiro atoms. The van der Waals surface area contributed by atoms with E-state index < -0.39 is 12.1 Å². The number of nitrogens with zero attached hydrogens (tertiary/aromatic N) is 3. The van der Waals surface area contributed by atoms with Crippen molar-refractivity contribution in [2.75, 3.05) is 13.1 Å². The summed E-state index contributed by atoms with van der Waals surface area (Å²) in [6.45, 7) is 2.84. The first kappa shape index (κ1) is 17.1. The number of rotatable bonds is 4. The zero-order chi connectivity index (χ0) is 18.8. The number of ether oxygens (including phenoxy) is 2. The van der Waals surface area contributed by atoms with Crippen molar-refractivity contribution < 1.29 is 19.1 Å². The Hall–Kier alpha value is -3.35. The third kappa shape index (κ3) is 3.76. The molecule has 27 heavy (non-hydrogen) atoms. The third-order valence-electron chi connectivity index (χ3n) is 4.41. The molecule has 0 bridgehead atoms. The summed E-state index contributed by atoms with van der Waals surface area (Å²) in [4.78, 5) is 30.0. The minimum Gasteiger partial charge on any atom is -0.454 e. The third-order valence-corrected chi connectivity index (χ3v) is 4.41. The van der Waals surface area contributed by atoms with E-state index in [2.05, 4.69) is 4.98 Å². The van der Waals surface area contributed by atoms with Crippen molar-refractivity contribution in [1.82, 2.24) is 14.3 Å². The number of carbonyl (C=O) groups excluding carboxylic acids is 2. The molecule has 3 aromatic rings. The second-order valence-electron chi connectivity index (χ2n) is 6.57. The molecular formula is C20H19N3O4. The van der Waals surface area contributed by atoms with Crippen LogP contribution < -0.4 is 0 Å². The Morgan fingerprint density at radius 1 is 1.19 bits per heavy atom. The Bertz CT molecular complexity index is 977. The molecule has 7 heteroatoms. The van der Waals surface area contributed by atoms with Gasteiger partial charge in [-0.3, -0.25) is 0 Å². The molecule has 0 unspecified atom stereocenters. The molecule has 0 N–H and O–H groups in total. The van der Waals surface area contributed by atoms with Crippen molar-refractivity contribution in [3.8, 4) is 0 Å². The molecule has 1 saturated heterocycles. The minimum atomic E-state index is -0.487. The summed E-state index contributed by atoms with van der Waals surface area (Å²) in [6, 6.07) is 13.3. The highest BCUT2D eigenvalue weighted by Gasteiger charge is 2.35. The van der Waals surface area contributed by atoms with E-state index in [9.17, 15) is 9.59 Å². The van der Waals surface area contributed by atoms with Gasteiger partial charge in [0.15, 0.2) is 5.69 Å². The predicted molar refractivity (Wildman–Crippen MR) is 97.3 cm³/mol. The highest BCUT2D eigenvalue weighted by Crippen LogP contribution is 2.16. The fourth-order valence-corrected chi connectivity index (χ4v) is 2.87. The Morgan fingerprint density at radius 3 is 2.74 bits per heavy atom. The van der Waals surface area contributed by atoms with Crippen molar-refractivity contribution in [1.29, 1.82) is 0 Å². The maximum atomic E-state index is 12.3. The standard InChI is InChI=1S/C20H19N3O4/c1-14-7-8-22-12-17(21-18(22)9-14)19(24)27-16-10-23(11-16)20(25)26-13-15-5-3-2-4-6-15/h2-9,12,16H,10-11,13H2,1H3. The van der Waals surface area contributed by atoms with E-state index in [4.69, 9.17) is 9.47 Å². The molecule has 138 valence electrons. The van der Waals surface area contributed by atoms with Crippen molar-refractivity contribution in [2.45, 2.75) is 19.6 Å². The molecule has 3 heterocycles. The molecule has 7 nitrogen and oxygen atoms in total. The molecular weight excluding hydrogens is 346 g/mol. The van der Waals surface area contributed by atoms with Crippen molar-refractivity contribution >= 4 is 17.7 Å². The van der Waals surface area contributed by atoms with Crippen LogP contribution in [-0.4, -0.2) is 45.5 Å². The summed E-state index contributed by atoms with van der Waals surface area (Å²) >= 11 is 0. The fourth-order valence-electron chi connectivity index (χ4n) is 2.87. The van der Waals surface area contributed by atoms with E-state index in [0.717, 1.165) is 11.1 Å². The number of hydrogen-bond acceptors (Lipinski definition) is 5. The highest BCUT2D eigenvalue weighted by atomic mass is 16.6. The number of aryl methyl sites for hydroxylation is 1. The molecule has 2 aromatic heterocycles. The lowest BCUT2D eigenvalue weighted by molar-refractivity contribution is -0.0308. The number of esters is 1. The summed E-state index contributed by atoms with van der Waals surface area (Å²) < 4.78 is 12.4. The lowest BCUT2D eigenvalue weighted by Gasteiger charge is -2.37. The van der Waals surface area contributed by atoms with Crippen LogP contribution in [0.2, 0.25) is 0 Å². The zero-order valence-electron chi connectivity index (χ0n) is 14.9. The Kier molecular flexibility index (Phi) is 4.50. The van der Waals surface area contributed by atoms with Crippen molar-refractivity contribution in [3.63, 3.8) is 0 Å². The van der Waals surface area contributed by atoms with Gasteiger partial charge >= 0.3 is 12.1 Å². The summed E-state index contributed by atoms with van der Waals surface area (Å²) in [6.07, 6.45) is 2.74. The number of fused-ring (bicyclic) bond motifs is 1. The summed E-state index contributed by atoms with van der Waals surface area (Å²) in [7, 11) is 0. The first-order valence-electron chi connectivity index (χ1n) is 8.70. The van der Waals surface area contributed by atoms with Gasteiger partial charge in [0, 0.05) is 12.4 Å². The van der Waals surface area contributed by atoms with Crippen LogP contribution in [0.5, 0.6) is 0 Å². The SMILES string of the molecule is Cc1ccn2cc(C(=O)OC3CN(C(=O)OCc4ccccc4)C3)nc2c1. The Labute approximate surface area is 156 Å². The van der Waals surface area contributed by atoms with Gasteiger partial charge in [0.2, 0.25) is 0 Å². The molecule has 0 aliphatic carbocycles. The van der Waals surface area contributed by atoms with E-state index in [0.29, 0.717) is 18.7 Å². The van der Waals surface area contributed by atoms with Crippen LogP contribution in [0.1, 0.15) is 21.6 Å². The lowest BCUT2D eigenvalue weighted by Crippen LogP contribution is -2.55. The maximum absolute atomic E-state index is 12.3. The number of imidazole rings is 1. The van der Waals surface area contributed by atoms with E-state index in [-0.39, 0.29) is 18.4 Å². The van der Waals surface area contributed by atoms with Crippen molar-refractivity contribution in [3.05, 3.63) is 71.7 Å². The molecule has 1 fully saturated rings. The highest BCUT2D eigenvalue weighted by molar-refractivity contribution is 5.88. The van der Waals surface area contributed by atoms with Crippen molar-refractivity contribution in [2.24, 2.45) is 0 Å². The first-order valence-corrected chi connectivity index (χ1v) is 8.70. The van der Waals surface area contributed by atoms with Gasteiger partial charge in [0.05, 0.1) is 13.1 Å². The van der Waals surface area contributed by atoms with Gasteiger partial charge in [-0.05, 0) is 30.2 Å². The van der Waals surface area contributed by atoms with Gasteiger partial charge in [0.1, 0.15) is 18.4 Å². The number of hydrogen-bond donors (Lipinski definition) is 0. The van der Waals surface area contributed by atoms with Gasteiger partial charge in [-0.2, -0.15) is 0 Å². The molecule has 1 aromatic carbocycles. The minimum absolute atomic E-state index is 0.224. The molecule has 4 rings (SSSR count). The number of amides is 1. The second-order valence-corrected chi connectivity index (χ2v) is 6.57. The molecule has 1 aliphatic rings. The normalized spacial score (nSPS) is 14.0. The second kappa shape index (κ2) is 7.11. The smallest absolute Gasteiger partial charge is 0.410 e. The van der Waals surface area contributed by atoms with Crippen LogP contribution in [0.15, 0.2) is 54.9 Å². The van der Waals surface area contributed by atoms with Crippen LogP contribution in [0.3, 0.4) is 0 Å². The number of pyridine rings is 1. The van der Waals surface area contributed by atoms with E-state index in [1.54, 1.807) is 10.6 Å². The Morgan fingerprint density at radius 2 is 1.96 bits per heavy atom. The van der Waals surface area contributed by atoms with Crippen LogP contribution in [0.25, 0.3) is 5.65 Å². The number of carbonyl (C=O) groups is 2. The van der Waals surface area contributed by atoms with Crippen LogP contribution in [0.4, 0.5) is 4.79 Å². The predicted octanol–water partition coefficient (Wildman–Crippen LogP) is 2.82. The van der Waals surface area contributed by atoms with Gasteiger partial charge in [0.25, 0.3) is 0 Å². The quantitative estimate of drug-likeness (QED) is 0.665. The van der Waals surface area contributed by atoms with E-state index >= 15 is 0 Å². The number of likely N-dealkylation sites (tertiary alicyclic amines) is 1. The zero-order valence-corrected chi connectivity index (χ0v) is 14.9. The summed E-state index contributed by atoms with van der Waals surface area (Å²) in [5.41, 5.74) is 2.94. The molecule has 0 atom stereocenters. The van der Waals surface area contributed by atoms with E-state index in [1.165, 1.54) is 4.90 Å². The van der Waals surface area contributed by atoms with Gasteiger partial charge in [-0.25, -0.2) is 14.6 Å². The van der Waals surface area contributed by atoms with Gasteiger partial charge in [-0.15, -0.1) is 0 Å². The average Bonchev–Trinajstić information content (AvgIpc) is 3.06. The van der Waals surface area contributed by atoms with Gasteiger partial charge in [-0.1, -0.05) is 30.3 Å². The maximum Gasteiger partial charge on any atom is 0.410 e. The summed E-state index contributed by atoms with van der Waals surface area (Å²) in [5, 5.41) is 0. The lowest BCUT2D eigenvalue weighted by atomic mass is 10.2. The van der Waals surface area contributed by atoms with Crippen LogP contribution >= 0.6 is 0 Å². The fraction of sp³-hybridized carbons (Fsp3) is 0.250. The molecule has 0 saturated carbocycles. The topological polar surface area (TPSA) is 73.1 Å². The molecule has 1 amide bonds. The average molecular weight is 365 g/mol. The summed E-state index contributed by atoms with van der Waals surface area (Å²) in [5.74, 6) is -0.487. The van der Waals surface area contributed by atoms with Crippen LogP contribution in [-0.2, 0) is 16.1 Å². The monoisotopic (exact) mass is 365 g/mol. The molecule has 1 aliphatic heterocycles. The van der Waals surface area contributed by atoms with Crippen LogP contribution in [0, 0.1) is 6.92 Å². The Balaban J connectivity index is 1.26. The first-order chi connectivity index (χ1) is 13.1. The van der Waals surface area contributed by atoms with Gasteiger partial charge < -0.3 is 18.8 Å². The number of aromatic nitrogens is 2. The largest absolute Gasteiger partial charge is 0.454 e. The molecule has 0 radical (unpaired) electrons. The van der Waals surface area contributed by atoms with E-state index in [1.807, 2.05) is 55.6 Å². The number of benzene rings is 1.